The molecule has 3 rings (SSSR count). The third-order valence-corrected chi connectivity index (χ3v) is 4.82. The second-order valence-electron chi connectivity index (χ2n) is 7.17. The average Bonchev–Trinajstić information content (AvgIpc) is 3.22. The zero-order valence-electron chi connectivity index (χ0n) is 18.8. The van der Waals surface area contributed by atoms with Gasteiger partial charge in [-0.2, -0.15) is 0 Å². The zero-order valence-corrected chi connectivity index (χ0v) is 18.8. The van der Waals surface area contributed by atoms with Crippen LogP contribution in [0.4, 0.5) is 0 Å². The van der Waals surface area contributed by atoms with Crippen molar-refractivity contribution >= 4 is 23.9 Å². The standard InChI is InChI=1S/C24H26N2O7/c1-4-30-22(28)24(23(29)31-5-2)32-19-10-8-17(15-20(19)33-24)12-14-26(3)21(27)11-9-18-7-6-13-25-16-18/h6-11,13,15-16H,4-5,12,14H2,1-3H3/b11-9+. The zero-order chi connectivity index (χ0) is 23.8. The third-order valence-electron chi connectivity index (χ3n) is 4.82. The quantitative estimate of drug-likeness (QED) is 0.323. The predicted molar refractivity (Wildman–Crippen MR) is 118 cm³/mol. The van der Waals surface area contributed by atoms with Crippen LogP contribution in [0, 0.1) is 0 Å². The summed E-state index contributed by atoms with van der Waals surface area (Å²) in [5.74, 6) is -3.98. The first-order chi connectivity index (χ1) is 15.9. The minimum Gasteiger partial charge on any atom is -0.460 e. The van der Waals surface area contributed by atoms with Crippen LogP contribution < -0.4 is 9.47 Å². The van der Waals surface area contributed by atoms with Crippen LogP contribution in [0.3, 0.4) is 0 Å². The molecule has 1 aromatic carbocycles. The van der Waals surface area contributed by atoms with Crippen LogP contribution in [0.1, 0.15) is 25.0 Å². The van der Waals surface area contributed by atoms with Crippen LogP contribution in [-0.4, -0.2) is 60.3 Å². The molecule has 0 aliphatic carbocycles. The van der Waals surface area contributed by atoms with Crippen molar-refractivity contribution in [2.75, 3.05) is 26.8 Å². The van der Waals surface area contributed by atoms with Crippen molar-refractivity contribution in [2.24, 2.45) is 0 Å². The van der Waals surface area contributed by atoms with Gasteiger partial charge in [0.05, 0.1) is 13.2 Å². The number of fused-ring (bicyclic) bond motifs is 1. The lowest BCUT2D eigenvalue weighted by atomic mass is 10.1. The highest BCUT2D eigenvalue weighted by Gasteiger charge is 2.59. The topological polar surface area (TPSA) is 104 Å². The number of amides is 1. The van der Waals surface area contributed by atoms with Gasteiger partial charge in [-0.25, -0.2) is 9.59 Å². The first kappa shape index (κ1) is 23.8. The van der Waals surface area contributed by atoms with Gasteiger partial charge in [-0.1, -0.05) is 12.1 Å². The van der Waals surface area contributed by atoms with Gasteiger partial charge in [0.25, 0.3) is 0 Å². The Morgan fingerprint density at radius 1 is 1.06 bits per heavy atom. The number of aromatic nitrogens is 1. The molecule has 9 nitrogen and oxygen atoms in total. The number of benzene rings is 1. The van der Waals surface area contributed by atoms with Crippen LogP contribution >= 0.6 is 0 Å². The first-order valence-electron chi connectivity index (χ1n) is 10.6. The Hall–Kier alpha value is -3.88. The first-order valence-corrected chi connectivity index (χ1v) is 10.6. The van der Waals surface area contributed by atoms with E-state index >= 15 is 0 Å². The fraction of sp³-hybridized carbons (Fsp3) is 0.333. The Labute approximate surface area is 191 Å². The van der Waals surface area contributed by atoms with Crippen LogP contribution in [0.15, 0.2) is 48.8 Å². The van der Waals surface area contributed by atoms with E-state index in [0.717, 1.165) is 11.1 Å². The number of ether oxygens (including phenoxy) is 4. The molecule has 0 N–H and O–H groups in total. The molecule has 0 atom stereocenters. The monoisotopic (exact) mass is 454 g/mol. The maximum Gasteiger partial charge on any atom is 0.453 e. The second kappa shape index (κ2) is 10.6. The van der Waals surface area contributed by atoms with Gasteiger partial charge in [0.1, 0.15) is 0 Å². The van der Waals surface area contributed by atoms with Crippen LogP contribution in [0.2, 0.25) is 0 Å². The Balaban J connectivity index is 1.65. The summed E-state index contributed by atoms with van der Waals surface area (Å²) < 4.78 is 21.2. The van der Waals surface area contributed by atoms with Crippen molar-refractivity contribution < 1.29 is 33.3 Å². The molecule has 2 heterocycles. The number of carbonyl (C=O) groups excluding carboxylic acids is 3. The molecule has 0 unspecified atom stereocenters. The lowest BCUT2D eigenvalue weighted by Crippen LogP contribution is -2.55. The maximum atomic E-state index is 12.5. The van der Waals surface area contributed by atoms with E-state index in [9.17, 15) is 14.4 Å². The van der Waals surface area contributed by atoms with Gasteiger partial charge in [-0.3, -0.25) is 9.78 Å². The van der Waals surface area contributed by atoms with Crippen molar-refractivity contribution in [3.05, 3.63) is 59.9 Å². The van der Waals surface area contributed by atoms with Gasteiger partial charge in [-0.05, 0) is 55.7 Å². The summed E-state index contributed by atoms with van der Waals surface area (Å²) in [4.78, 5) is 42.9. The predicted octanol–water partition coefficient (Wildman–Crippen LogP) is 2.39. The Morgan fingerprint density at radius 3 is 2.39 bits per heavy atom. The van der Waals surface area contributed by atoms with Crippen molar-refractivity contribution in [3.63, 3.8) is 0 Å². The van der Waals surface area contributed by atoms with E-state index in [4.69, 9.17) is 18.9 Å². The molecule has 1 amide bonds. The number of carbonyl (C=O) groups is 3. The molecule has 2 aromatic rings. The lowest BCUT2D eigenvalue weighted by Gasteiger charge is -2.22. The minimum atomic E-state index is -2.32. The number of hydrogen-bond donors (Lipinski definition) is 0. The molecule has 0 bridgehead atoms. The summed E-state index contributed by atoms with van der Waals surface area (Å²) in [7, 11) is 1.70. The van der Waals surface area contributed by atoms with Gasteiger partial charge in [0, 0.05) is 32.1 Å². The molecular formula is C24H26N2O7. The van der Waals surface area contributed by atoms with Crippen LogP contribution in [0.25, 0.3) is 6.08 Å². The van der Waals surface area contributed by atoms with Crippen molar-refractivity contribution in [3.8, 4) is 11.5 Å². The molecular weight excluding hydrogens is 428 g/mol. The number of hydrogen-bond acceptors (Lipinski definition) is 8. The van der Waals surface area contributed by atoms with E-state index in [1.807, 2.05) is 6.07 Å². The van der Waals surface area contributed by atoms with E-state index < -0.39 is 17.7 Å². The number of rotatable bonds is 9. The molecule has 0 saturated heterocycles. The summed E-state index contributed by atoms with van der Waals surface area (Å²) in [5, 5.41) is 0. The molecule has 0 spiro atoms. The van der Waals surface area contributed by atoms with Gasteiger partial charge < -0.3 is 23.8 Å². The van der Waals surface area contributed by atoms with E-state index in [1.54, 1.807) is 68.5 Å². The molecule has 1 aromatic heterocycles. The fourth-order valence-corrected chi connectivity index (χ4v) is 3.08. The molecule has 0 saturated carbocycles. The second-order valence-corrected chi connectivity index (χ2v) is 7.17. The normalized spacial score (nSPS) is 13.5. The number of esters is 2. The third kappa shape index (κ3) is 5.49. The number of nitrogens with zero attached hydrogens (tertiary/aromatic N) is 2. The molecule has 1 aliphatic rings. The molecule has 1 aliphatic heterocycles. The largest absolute Gasteiger partial charge is 0.460 e. The van der Waals surface area contributed by atoms with E-state index in [0.29, 0.717) is 13.0 Å². The smallest absolute Gasteiger partial charge is 0.453 e. The minimum absolute atomic E-state index is 0.0455. The Bertz CT molecular complexity index is 1020. The van der Waals surface area contributed by atoms with E-state index in [1.165, 1.54) is 6.08 Å². The SMILES string of the molecule is CCOC(=O)C1(C(=O)OCC)Oc2ccc(CCN(C)C(=O)/C=C/c3cccnc3)cc2O1. The number of pyridine rings is 1. The van der Waals surface area contributed by atoms with E-state index in [-0.39, 0.29) is 30.6 Å². The summed E-state index contributed by atoms with van der Waals surface area (Å²) in [5.41, 5.74) is 1.67. The fourth-order valence-electron chi connectivity index (χ4n) is 3.08. The van der Waals surface area contributed by atoms with Crippen LogP contribution in [0.5, 0.6) is 11.5 Å². The summed E-state index contributed by atoms with van der Waals surface area (Å²) in [6, 6.07) is 8.70. The molecule has 174 valence electrons. The summed E-state index contributed by atoms with van der Waals surface area (Å²) in [6.07, 6.45) is 7.05. The van der Waals surface area contributed by atoms with Crippen LogP contribution in [-0.2, 0) is 30.3 Å². The Morgan fingerprint density at radius 2 is 1.76 bits per heavy atom. The highest BCUT2D eigenvalue weighted by molar-refractivity contribution is 6.03. The highest BCUT2D eigenvalue weighted by atomic mass is 16.8. The van der Waals surface area contributed by atoms with Gasteiger partial charge in [-0.15, -0.1) is 0 Å². The van der Waals surface area contributed by atoms with E-state index in [2.05, 4.69) is 4.98 Å². The molecule has 9 heteroatoms. The lowest BCUT2D eigenvalue weighted by molar-refractivity contribution is -0.202. The van der Waals surface area contributed by atoms with Crippen molar-refractivity contribution in [1.82, 2.24) is 9.88 Å². The molecule has 33 heavy (non-hydrogen) atoms. The maximum absolute atomic E-state index is 12.5. The molecule has 0 radical (unpaired) electrons. The number of likely N-dealkylation sites (N-methyl/N-ethyl adjacent to an activating group) is 1. The molecule has 0 fully saturated rings. The summed E-state index contributed by atoms with van der Waals surface area (Å²) in [6.45, 7) is 3.76. The van der Waals surface area contributed by atoms with Crippen molar-refractivity contribution in [2.45, 2.75) is 26.1 Å². The highest BCUT2D eigenvalue weighted by Crippen LogP contribution is 2.41. The Kier molecular flexibility index (Phi) is 7.66. The van der Waals surface area contributed by atoms with Crippen molar-refractivity contribution in [1.29, 1.82) is 0 Å². The van der Waals surface area contributed by atoms with Gasteiger partial charge >= 0.3 is 17.7 Å². The summed E-state index contributed by atoms with van der Waals surface area (Å²) >= 11 is 0. The van der Waals surface area contributed by atoms with Gasteiger partial charge in [0.2, 0.25) is 5.91 Å². The van der Waals surface area contributed by atoms with Gasteiger partial charge in [0.15, 0.2) is 11.5 Å². The average molecular weight is 454 g/mol.